The smallest absolute Gasteiger partial charge is 0.268 e. The maximum atomic E-state index is 12.7. The van der Waals surface area contributed by atoms with Crippen molar-refractivity contribution in [3.63, 3.8) is 0 Å². The molecular formula is C19H20N4O3S. The van der Waals surface area contributed by atoms with Crippen LogP contribution in [0, 0.1) is 13.8 Å². The Kier molecular flexibility index (Phi) is 4.43. The zero-order valence-electron chi connectivity index (χ0n) is 15.4. The zero-order chi connectivity index (χ0) is 19.1. The van der Waals surface area contributed by atoms with E-state index in [9.17, 15) is 9.59 Å². The lowest BCUT2D eigenvalue weighted by Crippen LogP contribution is -2.38. The molecule has 1 saturated carbocycles. The van der Waals surface area contributed by atoms with Gasteiger partial charge in [-0.3, -0.25) is 9.59 Å². The molecule has 3 aromatic rings. The third-order valence-electron chi connectivity index (χ3n) is 4.49. The second kappa shape index (κ2) is 6.77. The van der Waals surface area contributed by atoms with Gasteiger partial charge in [0.15, 0.2) is 5.76 Å². The van der Waals surface area contributed by atoms with Gasteiger partial charge in [0.05, 0.1) is 16.1 Å². The van der Waals surface area contributed by atoms with Gasteiger partial charge < -0.3 is 9.84 Å². The number of amides is 1. The quantitative estimate of drug-likeness (QED) is 0.730. The van der Waals surface area contributed by atoms with E-state index >= 15 is 0 Å². The van der Waals surface area contributed by atoms with Crippen LogP contribution in [0.25, 0.3) is 21.9 Å². The topological polar surface area (TPSA) is 90.0 Å². The predicted molar refractivity (Wildman–Crippen MR) is 103 cm³/mol. The highest BCUT2D eigenvalue weighted by Crippen LogP contribution is 2.34. The first-order chi connectivity index (χ1) is 12.9. The maximum absolute atomic E-state index is 12.7. The number of nitrogens with zero attached hydrogens (tertiary/aromatic N) is 3. The molecule has 1 amide bonds. The fourth-order valence-electron chi connectivity index (χ4n) is 2.83. The van der Waals surface area contributed by atoms with E-state index in [0.29, 0.717) is 17.0 Å². The van der Waals surface area contributed by atoms with Gasteiger partial charge in [-0.2, -0.15) is 5.10 Å². The molecule has 0 radical (unpaired) electrons. The highest BCUT2D eigenvalue weighted by Gasteiger charge is 2.28. The minimum atomic E-state index is -0.691. The summed E-state index contributed by atoms with van der Waals surface area (Å²) in [5.41, 5.74) is 1.55. The van der Waals surface area contributed by atoms with Crippen LogP contribution in [-0.4, -0.2) is 26.9 Å². The summed E-state index contributed by atoms with van der Waals surface area (Å²) < 4.78 is 6.62. The molecule has 0 saturated heterocycles. The van der Waals surface area contributed by atoms with Crippen molar-refractivity contribution in [2.75, 3.05) is 0 Å². The Hall–Kier alpha value is -2.74. The SMILES string of the molecule is Cc1cc(-c2cc(=O)n([C@@H](C)C(=O)NC3CC3)nc2-c2ccc(C)s2)on1. The molecule has 27 heavy (non-hydrogen) atoms. The monoisotopic (exact) mass is 384 g/mol. The number of rotatable bonds is 5. The lowest BCUT2D eigenvalue weighted by atomic mass is 10.1. The van der Waals surface area contributed by atoms with Gasteiger partial charge in [0.25, 0.3) is 5.56 Å². The number of aryl methyl sites for hydroxylation is 2. The van der Waals surface area contributed by atoms with E-state index in [1.54, 1.807) is 24.3 Å². The summed E-state index contributed by atoms with van der Waals surface area (Å²) in [7, 11) is 0. The molecule has 7 nitrogen and oxygen atoms in total. The summed E-state index contributed by atoms with van der Waals surface area (Å²) in [4.78, 5) is 27.2. The standard InChI is InChI=1S/C19H20N4O3S/c1-10-8-15(26-22-10)14-9-17(24)23(12(3)19(25)20-13-5-6-13)21-18(14)16-7-4-11(2)27-16/h4,7-9,12-13H,5-6H2,1-3H3,(H,20,25)/t12-/m0/s1. The lowest BCUT2D eigenvalue weighted by molar-refractivity contribution is -0.124. The third-order valence-corrected chi connectivity index (χ3v) is 5.50. The van der Waals surface area contributed by atoms with Crippen LogP contribution < -0.4 is 10.9 Å². The summed E-state index contributed by atoms with van der Waals surface area (Å²) in [6.07, 6.45) is 1.98. The van der Waals surface area contributed by atoms with Crippen molar-refractivity contribution in [1.82, 2.24) is 20.3 Å². The first-order valence-corrected chi connectivity index (χ1v) is 9.69. The van der Waals surface area contributed by atoms with E-state index in [2.05, 4.69) is 15.6 Å². The average molecular weight is 384 g/mol. The molecule has 0 aromatic carbocycles. The van der Waals surface area contributed by atoms with E-state index < -0.39 is 6.04 Å². The Labute approximate surface area is 160 Å². The van der Waals surface area contributed by atoms with Crippen molar-refractivity contribution in [3.8, 4) is 21.9 Å². The van der Waals surface area contributed by atoms with Gasteiger partial charge in [0.2, 0.25) is 5.91 Å². The summed E-state index contributed by atoms with van der Waals surface area (Å²) in [6.45, 7) is 5.52. The number of carbonyl (C=O) groups is 1. The summed E-state index contributed by atoms with van der Waals surface area (Å²) in [6, 6.07) is 6.73. The summed E-state index contributed by atoms with van der Waals surface area (Å²) in [5.74, 6) is 0.295. The molecule has 1 aliphatic rings. The molecule has 1 N–H and O–H groups in total. The van der Waals surface area contributed by atoms with Crippen LogP contribution in [0.2, 0.25) is 0 Å². The van der Waals surface area contributed by atoms with Crippen molar-refractivity contribution in [3.05, 3.63) is 45.2 Å². The van der Waals surface area contributed by atoms with E-state index in [1.807, 2.05) is 26.0 Å². The molecule has 4 rings (SSSR count). The van der Waals surface area contributed by atoms with Crippen LogP contribution in [0.5, 0.6) is 0 Å². The van der Waals surface area contributed by atoms with Gasteiger partial charge in [-0.05, 0) is 45.7 Å². The highest BCUT2D eigenvalue weighted by atomic mass is 32.1. The van der Waals surface area contributed by atoms with E-state index in [4.69, 9.17) is 4.52 Å². The molecule has 140 valence electrons. The average Bonchev–Trinajstić information content (AvgIpc) is 3.17. The van der Waals surface area contributed by atoms with E-state index in [-0.39, 0.29) is 17.5 Å². The second-order valence-corrected chi connectivity index (χ2v) is 8.18. The molecule has 1 aliphatic carbocycles. The van der Waals surface area contributed by atoms with Crippen LogP contribution in [0.3, 0.4) is 0 Å². The predicted octanol–water partition coefficient (Wildman–Crippen LogP) is 3.08. The Morgan fingerprint density at radius 2 is 2.11 bits per heavy atom. The molecule has 1 fully saturated rings. The number of thiophene rings is 1. The summed E-state index contributed by atoms with van der Waals surface area (Å²) >= 11 is 1.57. The first-order valence-electron chi connectivity index (χ1n) is 8.87. The maximum Gasteiger partial charge on any atom is 0.268 e. The van der Waals surface area contributed by atoms with Gasteiger partial charge in [-0.15, -0.1) is 11.3 Å². The van der Waals surface area contributed by atoms with Crippen LogP contribution in [0.15, 0.2) is 33.6 Å². The van der Waals surface area contributed by atoms with Crippen molar-refractivity contribution in [2.24, 2.45) is 0 Å². The number of aromatic nitrogens is 3. The van der Waals surface area contributed by atoms with Crippen LogP contribution in [0.4, 0.5) is 0 Å². The van der Waals surface area contributed by atoms with Gasteiger partial charge in [0.1, 0.15) is 11.7 Å². The Balaban J connectivity index is 1.82. The minimum Gasteiger partial charge on any atom is -0.356 e. The van der Waals surface area contributed by atoms with Gasteiger partial charge in [0, 0.05) is 23.1 Å². The number of hydrogen-bond acceptors (Lipinski definition) is 6. The molecule has 0 bridgehead atoms. The second-order valence-electron chi connectivity index (χ2n) is 6.89. The Morgan fingerprint density at radius 3 is 2.70 bits per heavy atom. The van der Waals surface area contributed by atoms with Gasteiger partial charge in [-0.25, -0.2) is 4.68 Å². The van der Waals surface area contributed by atoms with Crippen molar-refractivity contribution >= 4 is 17.2 Å². The molecule has 0 spiro atoms. The Morgan fingerprint density at radius 1 is 1.33 bits per heavy atom. The van der Waals surface area contributed by atoms with Crippen LogP contribution >= 0.6 is 11.3 Å². The fraction of sp³-hybridized carbons (Fsp3) is 0.368. The lowest BCUT2D eigenvalue weighted by Gasteiger charge is -2.15. The van der Waals surface area contributed by atoms with Crippen molar-refractivity contribution in [2.45, 2.75) is 45.7 Å². The van der Waals surface area contributed by atoms with E-state index in [1.165, 1.54) is 10.7 Å². The largest absolute Gasteiger partial charge is 0.356 e. The van der Waals surface area contributed by atoms with Crippen LogP contribution in [-0.2, 0) is 4.79 Å². The number of nitrogens with one attached hydrogen (secondary N) is 1. The molecule has 8 heteroatoms. The molecule has 1 atom stereocenters. The Bertz CT molecular complexity index is 1060. The van der Waals surface area contributed by atoms with Crippen molar-refractivity contribution in [1.29, 1.82) is 0 Å². The molecular weight excluding hydrogens is 364 g/mol. The van der Waals surface area contributed by atoms with Gasteiger partial charge in [-0.1, -0.05) is 5.16 Å². The number of hydrogen-bond donors (Lipinski definition) is 1. The number of carbonyl (C=O) groups excluding carboxylic acids is 1. The zero-order valence-corrected chi connectivity index (χ0v) is 16.2. The first kappa shape index (κ1) is 17.7. The highest BCUT2D eigenvalue weighted by molar-refractivity contribution is 7.15. The van der Waals surface area contributed by atoms with Crippen molar-refractivity contribution < 1.29 is 9.32 Å². The minimum absolute atomic E-state index is 0.191. The van der Waals surface area contributed by atoms with Crippen LogP contribution in [0.1, 0.15) is 36.4 Å². The summed E-state index contributed by atoms with van der Waals surface area (Å²) in [5, 5.41) is 11.4. The molecule has 3 aromatic heterocycles. The third kappa shape index (κ3) is 3.57. The molecule has 3 heterocycles. The van der Waals surface area contributed by atoms with Gasteiger partial charge >= 0.3 is 0 Å². The normalized spacial score (nSPS) is 14.9. The van der Waals surface area contributed by atoms with E-state index in [0.717, 1.165) is 28.3 Å². The fourth-order valence-corrected chi connectivity index (χ4v) is 3.70. The molecule has 0 aliphatic heterocycles. The molecule has 0 unspecified atom stereocenters.